The van der Waals surface area contributed by atoms with Crippen LogP contribution in [0.15, 0.2) is 52.4 Å². The topological polar surface area (TPSA) is 12.0 Å². The van der Waals surface area contributed by atoms with Crippen molar-refractivity contribution < 1.29 is 0 Å². The van der Waals surface area contributed by atoms with Gasteiger partial charge in [-0.1, -0.05) is 43.0 Å². The molecule has 1 aliphatic rings. The summed E-state index contributed by atoms with van der Waals surface area (Å²) >= 11 is 1.80. The zero-order valence-electron chi connectivity index (χ0n) is 8.57. The lowest BCUT2D eigenvalue weighted by Crippen LogP contribution is -1.96. The summed E-state index contributed by atoms with van der Waals surface area (Å²) in [5, 5.41) is 3.29. The van der Waals surface area contributed by atoms with E-state index in [9.17, 15) is 0 Å². The van der Waals surface area contributed by atoms with E-state index in [4.69, 9.17) is 0 Å². The second kappa shape index (κ2) is 5.08. The zero-order chi connectivity index (χ0) is 10.5. The first-order chi connectivity index (χ1) is 7.40. The summed E-state index contributed by atoms with van der Waals surface area (Å²) in [6, 6.07) is 8.34. The molecule has 1 N–H and O–H groups in total. The smallest absolute Gasteiger partial charge is 0.0521 e. The first-order valence-corrected chi connectivity index (χ1v) is 5.91. The molecule has 1 heterocycles. The summed E-state index contributed by atoms with van der Waals surface area (Å²) in [4.78, 5) is 2.54. The largest absolute Gasteiger partial charge is 0.360 e. The minimum Gasteiger partial charge on any atom is -0.360 e. The van der Waals surface area contributed by atoms with Crippen molar-refractivity contribution in [2.24, 2.45) is 0 Å². The highest BCUT2D eigenvalue weighted by atomic mass is 32.2. The van der Waals surface area contributed by atoms with Crippen LogP contribution in [0.3, 0.4) is 0 Å². The fourth-order valence-corrected chi connectivity index (χ4v) is 2.30. The Labute approximate surface area is 95.3 Å². The van der Waals surface area contributed by atoms with Gasteiger partial charge in [-0.05, 0) is 25.0 Å². The van der Waals surface area contributed by atoms with Gasteiger partial charge < -0.3 is 5.32 Å². The Bertz CT molecular complexity index is 393. The Morgan fingerprint density at radius 3 is 3.07 bits per heavy atom. The predicted octanol–water partition coefficient (Wildman–Crippen LogP) is 4.22. The molecule has 0 aromatic heterocycles. The van der Waals surface area contributed by atoms with Crippen molar-refractivity contribution in [3.05, 3.63) is 54.4 Å². The molecule has 0 spiro atoms. The van der Waals surface area contributed by atoms with Gasteiger partial charge in [0.2, 0.25) is 0 Å². The van der Waals surface area contributed by atoms with E-state index in [1.54, 1.807) is 11.8 Å². The third kappa shape index (κ3) is 2.66. The highest BCUT2D eigenvalue weighted by Crippen LogP contribution is 2.36. The quantitative estimate of drug-likeness (QED) is 0.812. The summed E-state index contributed by atoms with van der Waals surface area (Å²) in [6.45, 7) is 3.81. The van der Waals surface area contributed by atoms with Crippen LogP contribution >= 0.6 is 11.8 Å². The molecule has 2 heteroatoms. The molecule has 0 atom stereocenters. The molecular weight excluding hydrogens is 202 g/mol. The van der Waals surface area contributed by atoms with Crippen LogP contribution in [0.2, 0.25) is 0 Å². The fraction of sp³-hybridized carbons (Fsp3) is 0.154. The second-order valence-corrected chi connectivity index (χ2v) is 4.45. The number of fused-ring (bicyclic) bond motifs is 1. The Hall–Kier alpha value is -1.15. The van der Waals surface area contributed by atoms with Crippen molar-refractivity contribution >= 4 is 17.4 Å². The number of para-hydroxylation sites is 1. The van der Waals surface area contributed by atoms with E-state index < -0.39 is 0 Å². The molecule has 0 saturated heterocycles. The van der Waals surface area contributed by atoms with E-state index in [1.165, 1.54) is 15.5 Å². The van der Waals surface area contributed by atoms with Gasteiger partial charge in [0.25, 0.3) is 0 Å². The molecule has 1 nitrogen and oxygen atoms in total. The molecule has 1 radical (unpaired) electrons. The molecule has 0 fully saturated rings. The molecule has 1 aromatic carbocycles. The average molecular weight is 216 g/mol. The Morgan fingerprint density at radius 2 is 2.20 bits per heavy atom. The second-order valence-electron chi connectivity index (χ2n) is 3.33. The summed E-state index contributed by atoms with van der Waals surface area (Å²) in [7, 11) is 0. The van der Waals surface area contributed by atoms with Gasteiger partial charge in [0, 0.05) is 16.0 Å². The summed E-state index contributed by atoms with van der Waals surface area (Å²) in [6.07, 6.45) is 8.37. The summed E-state index contributed by atoms with van der Waals surface area (Å²) in [5.41, 5.74) is 1.19. The lowest BCUT2D eigenvalue weighted by molar-refractivity contribution is 1.05. The van der Waals surface area contributed by atoms with Crippen LogP contribution in [-0.2, 0) is 0 Å². The maximum Gasteiger partial charge on any atom is 0.0521 e. The van der Waals surface area contributed by atoms with Crippen molar-refractivity contribution in [1.82, 2.24) is 0 Å². The number of allylic oxidation sites excluding steroid dienone is 2. The maximum absolute atomic E-state index is 3.81. The molecule has 0 amide bonds. The highest BCUT2D eigenvalue weighted by Gasteiger charge is 2.07. The van der Waals surface area contributed by atoms with Crippen molar-refractivity contribution in [3.63, 3.8) is 0 Å². The Morgan fingerprint density at radius 1 is 1.33 bits per heavy atom. The molecule has 0 bridgehead atoms. The van der Waals surface area contributed by atoms with Gasteiger partial charge >= 0.3 is 0 Å². The van der Waals surface area contributed by atoms with Crippen molar-refractivity contribution in [2.75, 3.05) is 5.32 Å². The van der Waals surface area contributed by atoms with Crippen molar-refractivity contribution in [3.8, 4) is 0 Å². The number of nitrogens with one attached hydrogen (secondary N) is 1. The molecule has 1 aromatic rings. The van der Waals surface area contributed by atoms with E-state index in [1.807, 2.05) is 12.3 Å². The minimum absolute atomic E-state index is 0.957. The number of hydrogen-bond donors (Lipinski definition) is 1. The molecule has 0 unspecified atom stereocenters. The molecular formula is C13H14NS. The van der Waals surface area contributed by atoms with E-state index in [-0.39, 0.29) is 0 Å². The van der Waals surface area contributed by atoms with E-state index in [0.29, 0.717) is 0 Å². The number of hydrogen-bond acceptors (Lipinski definition) is 2. The number of anilines is 1. The Balaban J connectivity index is 2.06. The minimum atomic E-state index is 0.957. The monoisotopic (exact) mass is 216 g/mol. The molecule has 15 heavy (non-hydrogen) atoms. The van der Waals surface area contributed by atoms with Gasteiger partial charge in [0.1, 0.15) is 0 Å². The molecule has 0 aliphatic carbocycles. The predicted molar refractivity (Wildman–Crippen MR) is 67.7 cm³/mol. The van der Waals surface area contributed by atoms with Crippen LogP contribution < -0.4 is 5.32 Å². The summed E-state index contributed by atoms with van der Waals surface area (Å²) < 4.78 is 0. The van der Waals surface area contributed by atoms with Crippen LogP contribution in [-0.4, -0.2) is 0 Å². The van der Waals surface area contributed by atoms with Gasteiger partial charge in [-0.3, -0.25) is 0 Å². The van der Waals surface area contributed by atoms with Gasteiger partial charge in [-0.25, -0.2) is 0 Å². The number of rotatable bonds is 3. The first-order valence-electron chi connectivity index (χ1n) is 5.09. The maximum atomic E-state index is 3.81. The first kappa shape index (κ1) is 10.4. The number of unbranched alkanes of at least 4 members (excludes halogenated alkanes) is 1. The van der Waals surface area contributed by atoms with Crippen LogP contribution in [0.5, 0.6) is 0 Å². The molecule has 77 valence electrons. The Kier molecular flexibility index (Phi) is 3.51. The lowest BCUT2D eigenvalue weighted by atomic mass is 10.3. The molecule has 0 saturated carbocycles. The lowest BCUT2D eigenvalue weighted by Gasteiger charge is -2.15. The van der Waals surface area contributed by atoms with Crippen LogP contribution in [0.1, 0.15) is 12.8 Å². The van der Waals surface area contributed by atoms with Crippen molar-refractivity contribution in [1.29, 1.82) is 0 Å². The van der Waals surface area contributed by atoms with Crippen molar-refractivity contribution in [2.45, 2.75) is 17.7 Å². The van der Waals surface area contributed by atoms with E-state index in [0.717, 1.165) is 12.8 Å². The van der Waals surface area contributed by atoms with Gasteiger partial charge in [0.15, 0.2) is 0 Å². The fourth-order valence-electron chi connectivity index (χ4n) is 1.38. The van der Waals surface area contributed by atoms with Gasteiger partial charge in [-0.15, -0.1) is 0 Å². The van der Waals surface area contributed by atoms with E-state index >= 15 is 0 Å². The third-order valence-corrected chi connectivity index (χ3v) is 3.20. The van der Waals surface area contributed by atoms with Gasteiger partial charge in [0.05, 0.1) is 5.69 Å². The number of thioether (sulfide) groups is 1. The van der Waals surface area contributed by atoms with E-state index in [2.05, 4.69) is 42.6 Å². The SMILES string of the molecule is [CH2]CCC=CC1=CNc2ccccc2S1. The van der Waals surface area contributed by atoms with Crippen LogP contribution in [0, 0.1) is 6.92 Å². The third-order valence-electron chi connectivity index (χ3n) is 2.14. The van der Waals surface area contributed by atoms with Crippen LogP contribution in [0.25, 0.3) is 0 Å². The van der Waals surface area contributed by atoms with Crippen LogP contribution in [0.4, 0.5) is 5.69 Å². The average Bonchev–Trinajstić information content (AvgIpc) is 2.29. The normalized spacial score (nSPS) is 14.6. The standard InChI is InChI=1S/C13H14NS/c1-2-3-4-7-11-10-14-12-8-5-6-9-13(12)15-11/h4-10,14H,1-3H2. The molecule has 1 aliphatic heterocycles. The molecule has 2 rings (SSSR count). The highest BCUT2D eigenvalue weighted by molar-refractivity contribution is 8.03. The van der Waals surface area contributed by atoms with Gasteiger partial charge in [-0.2, -0.15) is 0 Å². The number of benzene rings is 1. The zero-order valence-corrected chi connectivity index (χ0v) is 9.39. The summed E-state index contributed by atoms with van der Waals surface area (Å²) in [5.74, 6) is 0.